The van der Waals surface area contributed by atoms with Gasteiger partial charge in [-0.3, -0.25) is 0 Å². The molecule has 3 rings (SSSR count). The average Bonchev–Trinajstić information content (AvgIpc) is 2.52. The normalized spacial score (nSPS) is 11.0. The number of aryl methyl sites for hydroxylation is 2. The predicted molar refractivity (Wildman–Crippen MR) is 97.4 cm³/mol. The lowest BCUT2D eigenvalue weighted by atomic mass is 9.97. The second-order valence-electron chi connectivity index (χ2n) is 6.20. The van der Waals surface area contributed by atoms with E-state index in [0.29, 0.717) is 0 Å². The van der Waals surface area contributed by atoms with E-state index in [4.69, 9.17) is 0 Å². The minimum absolute atomic E-state index is 1.23. The zero-order valence-electron chi connectivity index (χ0n) is 14.1. The highest BCUT2D eigenvalue weighted by Crippen LogP contribution is 2.34. The fourth-order valence-electron chi connectivity index (χ4n) is 3.21. The van der Waals surface area contributed by atoms with E-state index < -0.39 is 0 Å². The van der Waals surface area contributed by atoms with Crippen molar-refractivity contribution in [1.82, 2.24) is 0 Å². The quantitative estimate of drug-likeness (QED) is 0.572. The summed E-state index contributed by atoms with van der Waals surface area (Å²) in [6, 6.07) is 17.5. The monoisotopic (exact) mass is 289 g/mol. The van der Waals surface area contributed by atoms with Crippen molar-refractivity contribution < 1.29 is 0 Å². The van der Waals surface area contributed by atoms with Crippen molar-refractivity contribution in [3.63, 3.8) is 0 Å². The minimum atomic E-state index is 1.23. The zero-order chi connectivity index (χ0) is 15.9. The third kappa shape index (κ3) is 2.37. The standard InChI is InChI=1S/C21H23N/c1-14-12-15(2)17(4)21(16(14)3)22(5)20-11-10-18-8-6-7-9-19(18)13-20/h6-13H,1-5H3. The van der Waals surface area contributed by atoms with Gasteiger partial charge in [-0.15, -0.1) is 0 Å². The summed E-state index contributed by atoms with van der Waals surface area (Å²) in [5.74, 6) is 0. The summed E-state index contributed by atoms with van der Waals surface area (Å²) in [5, 5.41) is 2.57. The highest BCUT2D eigenvalue weighted by Gasteiger charge is 2.14. The van der Waals surface area contributed by atoms with Crippen molar-refractivity contribution in [3.8, 4) is 0 Å². The fraction of sp³-hybridized carbons (Fsp3) is 0.238. The van der Waals surface area contributed by atoms with E-state index in [9.17, 15) is 0 Å². The summed E-state index contributed by atoms with van der Waals surface area (Å²) in [7, 11) is 2.16. The molecule has 0 unspecified atom stereocenters. The van der Waals surface area contributed by atoms with Gasteiger partial charge in [0.1, 0.15) is 0 Å². The van der Waals surface area contributed by atoms with Crippen LogP contribution in [-0.2, 0) is 0 Å². The van der Waals surface area contributed by atoms with Gasteiger partial charge in [0.05, 0.1) is 0 Å². The van der Waals surface area contributed by atoms with Crippen molar-refractivity contribution in [1.29, 1.82) is 0 Å². The number of hydrogen-bond acceptors (Lipinski definition) is 1. The minimum Gasteiger partial charge on any atom is -0.344 e. The van der Waals surface area contributed by atoms with E-state index in [1.165, 1.54) is 44.4 Å². The van der Waals surface area contributed by atoms with E-state index in [1.54, 1.807) is 0 Å². The first-order valence-corrected chi connectivity index (χ1v) is 7.79. The SMILES string of the molecule is Cc1cc(C)c(C)c(N(C)c2ccc3ccccc3c2)c1C. The maximum absolute atomic E-state index is 2.32. The largest absolute Gasteiger partial charge is 0.344 e. The second kappa shape index (κ2) is 5.49. The molecule has 0 bridgehead atoms. The first kappa shape index (κ1) is 14.6. The Labute approximate surface area is 133 Å². The molecule has 1 heteroatoms. The summed E-state index contributed by atoms with van der Waals surface area (Å²) >= 11 is 0. The van der Waals surface area contributed by atoms with Crippen LogP contribution >= 0.6 is 0 Å². The van der Waals surface area contributed by atoms with E-state index >= 15 is 0 Å². The van der Waals surface area contributed by atoms with Crippen LogP contribution in [0.15, 0.2) is 48.5 Å². The van der Waals surface area contributed by atoms with E-state index in [1.807, 2.05) is 0 Å². The summed E-state index contributed by atoms with van der Waals surface area (Å²) in [6.07, 6.45) is 0. The van der Waals surface area contributed by atoms with Crippen molar-refractivity contribution in [2.45, 2.75) is 27.7 Å². The van der Waals surface area contributed by atoms with Crippen molar-refractivity contribution in [2.75, 3.05) is 11.9 Å². The molecular weight excluding hydrogens is 266 g/mol. The number of hydrogen-bond donors (Lipinski definition) is 0. The van der Waals surface area contributed by atoms with Crippen LogP contribution in [0.25, 0.3) is 10.8 Å². The molecule has 0 aromatic heterocycles. The molecule has 1 nitrogen and oxygen atoms in total. The molecule has 3 aromatic carbocycles. The van der Waals surface area contributed by atoms with Crippen LogP contribution in [0, 0.1) is 27.7 Å². The molecule has 0 saturated heterocycles. The van der Waals surface area contributed by atoms with Crippen molar-refractivity contribution in [2.24, 2.45) is 0 Å². The van der Waals surface area contributed by atoms with Gasteiger partial charge < -0.3 is 4.90 Å². The van der Waals surface area contributed by atoms with Gasteiger partial charge in [0.2, 0.25) is 0 Å². The molecule has 22 heavy (non-hydrogen) atoms. The van der Waals surface area contributed by atoms with Crippen molar-refractivity contribution in [3.05, 3.63) is 70.8 Å². The first-order chi connectivity index (χ1) is 10.5. The molecule has 3 aromatic rings. The average molecular weight is 289 g/mol. The molecule has 0 amide bonds. The van der Waals surface area contributed by atoms with Gasteiger partial charge >= 0.3 is 0 Å². The third-order valence-corrected chi connectivity index (χ3v) is 4.78. The number of fused-ring (bicyclic) bond motifs is 1. The Bertz CT molecular complexity index is 820. The molecule has 0 saturated carbocycles. The molecule has 0 aliphatic carbocycles. The summed E-state index contributed by atoms with van der Waals surface area (Å²) < 4.78 is 0. The molecule has 0 fully saturated rings. The smallest absolute Gasteiger partial charge is 0.0472 e. The van der Waals surface area contributed by atoms with Crippen LogP contribution in [-0.4, -0.2) is 7.05 Å². The van der Waals surface area contributed by atoms with Crippen LogP contribution in [0.5, 0.6) is 0 Å². The Morgan fingerprint density at radius 1 is 0.682 bits per heavy atom. The highest BCUT2D eigenvalue weighted by atomic mass is 15.1. The van der Waals surface area contributed by atoms with Crippen LogP contribution in [0.2, 0.25) is 0 Å². The topological polar surface area (TPSA) is 3.24 Å². The van der Waals surface area contributed by atoms with Crippen LogP contribution in [0.3, 0.4) is 0 Å². The van der Waals surface area contributed by atoms with Gasteiger partial charge in [-0.2, -0.15) is 0 Å². The van der Waals surface area contributed by atoms with Gasteiger partial charge in [-0.1, -0.05) is 36.4 Å². The predicted octanol–water partition coefficient (Wildman–Crippen LogP) is 5.84. The lowest BCUT2D eigenvalue weighted by Crippen LogP contribution is -2.13. The molecular formula is C21H23N. The van der Waals surface area contributed by atoms with E-state index in [-0.39, 0.29) is 0 Å². The number of benzene rings is 3. The van der Waals surface area contributed by atoms with Crippen molar-refractivity contribution >= 4 is 22.1 Å². The molecule has 0 aliphatic rings. The van der Waals surface area contributed by atoms with Gasteiger partial charge in [-0.25, -0.2) is 0 Å². The Hall–Kier alpha value is -2.28. The lowest BCUT2D eigenvalue weighted by molar-refractivity contribution is 1.13. The molecule has 0 aliphatic heterocycles. The lowest BCUT2D eigenvalue weighted by Gasteiger charge is -2.26. The number of nitrogens with zero attached hydrogens (tertiary/aromatic N) is 1. The fourth-order valence-corrected chi connectivity index (χ4v) is 3.21. The van der Waals surface area contributed by atoms with Crippen LogP contribution < -0.4 is 4.90 Å². The molecule has 112 valence electrons. The molecule has 0 atom stereocenters. The summed E-state index contributed by atoms with van der Waals surface area (Å²) in [4.78, 5) is 2.32. The van der Waals surface area contributed by atoms with Gasteiger partial charge in [0.25, 0.3) is 0 Å². The maximum Gasteiger partial charge on any atom is 0.0472 e. The first-order valence-electron chi connectivity index (χ1n) is 7.79. The molecule has 0 N–H and O–H groups in total. The highest BCUT2D eigenvalue weighted by molar-refractivity contribution is 5.87. The molecule has 0 spiro atoms. The van der Waals surface area contributed by atoms with E-state index in [2.05, 4.69) is 88.2 Å². The van der Waals surface area contributed by atoms with Crippen LogP contribution in [0.1, 0.15) is 22.3 Å². The number of anilines is 2. The Kier molecular flexibility index (Phi) is 3.66. The third-order valence-electron chi connectivity index (χ3n) is 4.78. The summed E-state index contributed by atoms with van der Waals surface area (Å²) in [5.41, 5.74) is 7.98. The van der Waals surface area contributed by atoms with Gasteiger partial charge in [-0.05, 0) is 72.9 Å². The van der Waals surface area contributed by atoms with Gasteiger partial charge in [0.15, 0.2) is 0 Å². The maximum atomic E-state index is 2.32. The summed E-state index contributed by atoms with van der Waals surface area (Å²) in [6.45, 7) is 8.82. The Morgan fingerprint density at radius 3 is 1.91 bits per heavy atom. The molecule has 0 radical (unpaired) electrons. The second-order valence-corrected chi connectivity index (χ2v) is 6.20. The zero-order valence-corrected chi connectivity index (χ0v) is 14.1. The Morgan fingerprint density at radius 2 is 1.27 bits per heavy atom. The Balaban J connectivity index is 2.15. The van der Waals surface area contributed by atoms with Crippen LogP contribution in [0.4, 0.5) is 11.4 Å². The van der Waals surface area contributed by atoms with Gasteiger partial charge in [0, 0.05) is 18.4 Å². The van der Waals surface area contributed by atoms with E-state index in [0.717, 1.165) is 0 Å². The molecule has 0 heterocycles. The number of rotatable bonds is 2.